The fourth-order valence-corrected chi connectivity index (χ4v) is 3.36. The van der Waals surface area contributed by atoms with Crippen LogP contribution in [-0.4, -0.2) is 28.6 Å². The van der Waals surface area contributed by atoms with Gasteiger partial charge in [-0.3, -0.25) is 4.99 Å². The van der Waals surface area contributed by atoms with E-state index in [1.54, 1.807) is 0 Å². The molecule has 0 aromatic carbocycles. The molecule has 2 aliphatic rings. The van der Waals surface area contributed by atoms with Gasteiger partial charge in [0.2, 0.25) is 0 Å². The number of aliphatic imine (C=N–C) groups is 2. The highest BCUT2D eigenvalue weighted by Crippen LogP contribution is 2.26. The van der Waals surface area contributed by atoms with Crippen LogP contribution in [0.2, 0.25) is 0 Å². The minimum absolute atomic E-state index is 0.415. The van der Waals surface area contributed by atoms with Crippen molar-refractivity contribution in [3.05, 3.63) is 0 Å². The molecule has 1 fully saturated rings. The maximum atomic E-state index is 5.77. The average Bonchev–Trinajstić information content (AvgIpc) is 2.43. The first-order valence-corrected chi connectivity index (χ1v) is 7.40. The summed E-state index contributed by atoms with van der Waals surface area (Å²) in [4.78, 5) is 8.66. The molecule has 0 aliphatic carbocycles. The van der Waals surface area contributed by atoms with Crippen LogP contribution >= 0.6 is 31.9 Å². The molecule has 3 nitrogen and oxygen atoms in total. The van der Waals surface area contributed by atoms with Gasteiger partial charge in [0.25, 0.3) is 0 Å². The largest absolute Gasteiger partial charge is 0.378 e. The summed E-state index contributed by atoms with van der Waals surface area (Å²) < 4.78 is 7.48. The maximum absolute atomic E-state index is 5.77. The van der Waals surface area contributed by atoms with Gasteiger partial charge in [-0.05, 0) is 64.0 Å². The molecule has 16 heavy (non-hydrogen) atoms. The number of hydrogen-bond donors (Lipinski definition) is 0. The zero-order valence-corrected chi connectivity index (χ0v) is 12.3. The highest BCUT2D eigenvalue weighted by molar-refractivity contribution is 9.19. The second-order valence-electron chi connectivity index (χ2n) is 4.30. The third kappa shape index (κ3) is 3.64. The van der Waals surface area contributed by atoms with E-state index in [2.05, 4.69) is 41.8 Å². The Labute approximate surface area is 113 Å². The monoisotopic (exact) mass is 350 g/mol. The zero-order chi connectivity index (χ0) is 11.4. The van der Waals surface area contributed by atoms with E-state index in [1.807, 2.05) is 0 Å². The SMILES string of the molecule is BrC1=NCCC(CC2CCCCO2)C(Br)=N1. The minimum atomic E-state index is 0.415. The predicted molar refractivity (Wildman–Crippen MR) is 73.9 cm³/mol. The Morgan fingerprint density at radius 2 is 2.12 bits per heavy atom. The lowest BCUT2D eigenvalue weighted by Crippen LogP contribution is -2.24. The number of rotatable bonds is 2. The predicted octanol–water partition coefficient (Wildman–Crippen LogP) is 3.51. The molecule has 0 N–H and O–H groups in total. The lowest BCUT2D eigenvalue weighted by molar-refractivity contribution is 0.00605. The minimum Gasteiger partial charge on any atom is -0.378 e. The number of nitrogens with zero attached hydrogens (tertiary/aromatic N) is 2. The van der Waals surface area contributed by atoms with Gasteiger partial charge in [-0.25, -0.2) is 4.99 Å². The molecule has 1 saturated heterocycles. The molecule has 2 unspecified atom stereocenters. The summed E-state index contributed by atoms with van der Waals surface area (Å²) in [6.07, 6.45) is 6.24. The normalized spacial score (nSPS) is 31.6. The molecule has 2 atom stereocenters. The Hall–Kier alpha value is 0.260. The van der Waals surface area contributed by atoms with Crippen molar-refractivity contribution in [1.82, 2.24) is 0 Å². The van der Waals surface area contributed by atoms with Crippen LogP contribution in [0.1, 0.15) is 32.1 Å². The molecular weight excluding hydrogens is 336 g/mol. The maximum Gasteiger partial charge on any atom is 0.192 e. The van der Waals surface area contributed by atoms with Gasteiger partial charge < -0.3 is 4.74 Å². The lowest BCUT2D eigenvalue weighted by Gasteiger charge is -2.25. The summed E-state index contributed by atoms with van der Waals surface area (Å²) >= 11 is 6.89. The number of hydrogen-bond acceptors (Lipinski definition) is 3. The highest BCUT2D eigenvalue weighted by atomic mass is 79.9. The van der Waals surface area contributed by atoms with E-state index in [0.29, 0.717) is 16.8 Å². The lowest BCUT2D eigenvalue weighted by atomic mass is 9.95. The Balaban J connectivity index is 1.91. The molecule has 90 valence electrons. The molecule has 0 saturated carbocycles. The molecule has 2 aliphatic heterocycles. The molecule has 2 heterocycles. The summed E-state index contributed by atoms with van der Waals surface area (Å²) in [7, 11) is 0. The van der Waals surface area contributed by atoms with Gasteiger partial charge in [0.1, 0.15) is 0 Å². The Bertz CT molecular complexity index is 298. The first-order chi connectivity index (χ1) is 7.75. The fraction of sp³-hybridized carbons (Fsp3) is 0.818. The fourth-order valence-electron chi connectivity index (χ4n) is 2.17. The first-order valence-electron chi connectivity index (χ1n) is 5.81. The van der Waals surface area contributed by atoms with Gasteiger partial charge in [-0.1, -0.05) is 0 Å². The second kappa shape index (κ2) is 6.26. The number of amidine groups is 1. The van der Waals surface area contributed by atoms with Crippen LogP contribution in [0.5, 0.6) is 0 Å². The average molecular weight is 352 g/mol. The van der Waals surface area contributed by atoms with E-state index in [1.165, 1.54) is 19.3 Å². The smallest absolute Gasteiger partial charge is 0.192 e. The molecule has 0 spiro atoms. The van der Waals surface area contributed by atoms with Gasteiger partial charge >= 0.3 is 0 Å². The van der Waals surface area contributed by atoms with Crippen molar-refractivity contribution in [2.75, 3.05) is 13.2 Å². The van der Waals surface area contributed by atoms with E-state index in [4.69, 9.17) is 4.74 Å². The summed E-state index contributed by atoms with van der Waals surface area (Å²) in [5.74, 6) is 0.460. The van der Waals surface area contributed by atoms with Crippen LogP contribution in [-0.2, 0) is 4.74 Å². The van der Waals surface area contributed by atoms with Crippen molar-refractivity contribution >= 4 is 41.2 Å². The molecule has 0 radical (unpaired) electrons. The van der Waals surface area contributed by atoms with Gasteiger partial charge in [0, 0.05) is 19.1 Å². The molecule has 0 bridgehead atoms. The van der Waals surface area contributed by atoms with Gasteiger partial charge in [0.15, 0.2) is 4.74 Å². The molecule has 0 aromatic rings. The van der Waals surface area contributed by atoms with Crippen molar-refractivity contribution < 1.29 is 4.74 Å². The van der Waals surface area contributed by atoms with Crippen molar-refractivity contribution in [1.29, 1.82) is 0 Å². The molecule has 2 rings (SSSR count). The topological polar surface area (TPSA) is 34.0 Å². The number of ether oxygens (including phenoxy) is 1. The Morgan fingerprint density at radius 3 is 2.88 bits per heavy atom. The molecule has 0 amide bonds. The van der Waals surface area contributed by atoms with E-state index in [0.717, 1.165) is 30.6 Å². The van der Waals surface area contributed by atoms with Crippen molar-refractivity contribution in [3.63, 3.8) is 0 Å². The highest BCUT2D eigenvalue weighted by Gasteiger charge is 2.23. The summed E-state index contributed by atoms with van der Waals surface area (Å²) in [5, 5.41) is 0. The second-order valence-corrected chi connectivity index (χ2v) is 5.82. The van der Waals surface area contributed by atoms with E-state index in [-0.39, 0.29) is 0 Å². The molecular formula is C11H16Br2N2O. The summed E-state index contributed by atoms with van der Waals surface area (Å²) in [6, 6.07) is 0. The van der Waals surface area contributed by atoms with Crippen LogP contribution < -0.4 is 0 Å². The van der Waals surface area contributed by atoms with Crippen molar-refractivity contribution in [3.8, 4) is 0 Å². The van der Waals surface area contributed by atoms with Gasteiger partial charge in [-0.2, -0.15) is 0 Å². The molecule has 5 heteroatoms. The van der Waals surface area contributed by atoms with Gasteiger partial charge in [-0.15, -0.1) is 0 Å². The van der Waals surface area contributed by atoms with Crippen LogP contribution in [0.25, 0.3) is 0 Å². The number of halogens is 2. The van der Waals surface area contributed by atoms with Crippen LogP contribution in [0.3, 0.4) is 0 Å². The van der Waals surface area contributed by atoms with E-state index in [9.17, 15) is 0 Å². The van der Waals surface area contributed by atoms with Crippen LogP contribution in [0.4, 0.5) is 0 Å². The van der Waals surface area contributed by atoms with Gasteiger partial charge in [0.05, 0.1) is 10.7 Å². The Kier molecular flexibility index (Phi) is 4.97. The standard InChI is InChI=1S/C11H16Br2N2O/c12-10-8(4-5-14-11(13)15-10)7-9-3-1-2-6-16-9/h8-9H,1-7H2. The first kappa shape index (κ1) is 12.7. The van der Waals surface area contributed by atoms with Crippen LogP contribution in [0.15, 0.2) is 9.98 Å². The molecule has 0 aromatic heterocycles. The Morgan fingerprint density at radius 1 is 1.25 bits per heavy atom. The summed E-state index contributed by atoms with van der Waals surface area (Å²) in [6.45, 7) is 1.77. The zero-order valence-electron chi connectivity index (χ0n) is 9.16. The third-order valence-electron chi connectivity index (χ3n) is 3.08. The van der Waals surface area contributed by atoms with Crippen molar-refractivity contribution in [2.24, 2.45) is 15.9 Å². The summed E-state index contributed by atoms with van der Waals surface area (Å²) in [5.41, 5.74) is 0. The van der Waals surface area contributed by atoms with Crippen molar-refractivity contribution in [2.45, 2.75) is 38.2 Å². The van der Waals surface area contributed by atoms with E-state index < -0.39 is 0 Å². The van der Waals surface area contributed by atoms with E-state index >= 15 is 0 Å². The van der Waals surface area contributed by atoms with Crippen LogP contribution in [0, 0.1) is 5.92 Å². The quantitative estimate of drug-likeness (QED) is 0.701. The third-order valence-corrected chi connectivity index (χ3v) is 4.33.